The molecule has 3 nitrogen and oxygen atoms in total. The van der Waals surface area contributed by atoms with Gasteiger partial charge in [0.25, 0.3) is 5.91 Å². The molecule has 0 unspecified atom stereocenters. The van der Waals surface area contributed by atoms with E-state index in [1.165, 1.54) is 6.07 Å². The van der Waals surface area contributed by atoms with Crippen LogP contribution in [0.2, 0.25) is 0 Å². The summed E-state index contributed by atoms with van der Waals surface area (Å²) in [6.45, 7) is 1.31. The van der Waals surface area contributed by atoms with Gasteiger partial charge in [0.05, 0.1) is 10.0 Å². The first-order chi connectivity index (χ1) is 8.61. The second-order valence-electron chi connectivity index (χ2n) is 4.36. The van der Waals surface area contributed by atoms with Crippen LogP contribution in [0.4, 0.5) is 4.39 Å². The van der Waals surface area contributed by atoms with E-state index < -0.39 is 5.82 Å². The van der Waals surface area contributed by atoms with Gasteiger partial charge < -0.3 is 9.64 Å². The van der Waals surface area contributed by atoms with Gasteiger partial charge in [-0.15, -0.1) is 0 Å². The van der Waals surface area contributed by atoms with Crippen molar-refractivity contribution in [3.63, 3.8) is 0 Å². The van der Waals surface area contributed by atoms with Crippen molar-refractivity contribution in [1.29, 1.82) is 0 Å². The predicted molar refractivity (Wildman–Crippen MR) is 70.0 cm³/mol. The lowest BCUT2D eigenvalue weighted by Gasteiger charge is -2.31. The summed E-state index contributed by atoms with van der Waals surface area (Å²) in [5.41, 5.74) is 0.110. The van der Waals surface area contributed by atoms with Crippen LogP contribution in [0, 0.1) is 5.82 Å². The third kappa shape index (κ3) is 2.72. The Bertz CT molecular complexity index is 447. The Morgan fingerprint density at radius 3 is 2.78 bits per heavy atom. The maximum absolute atomic E-state index is 13.9. The molecule has 0 bridgehead atoms. The second-order valence-corrected chi connectivity index (χ2v) is 5.22. The summed E-state index contributed by atoms with van der Waals surface area (Å²) in [6, 6.07) is 4.89. The van der Waals surface area contributed by atoms with Gasteiger partial charge >= 0.3 is 0 Å². The van der Waals surface area contributed by atoms with Gasteiger partial charge in [-0.2, -0.15) is 0 Å². The van der Waals surface area contributed by atoms with Gasteiger partial charge in [-0.25, -0.2) is 4.39 Å². The molecule has 0 aliphatic carbocycles. The first-order valence-corrected chi connectivity index (χ1v) is 6.69. The standard InChI is InChI=1S/C13H15BrFNO2/c1-16(9-5-7-18-8-6-9)13(17)10-3-2-4-11(14)12(10)15/h2-4,9H,5-8H2,1H3. The number of benzene rings is 1. The van der Waals surface area contributed by atoms with Crippen LogP contribution in [-0.4, -0.2) is 37.1 Å². The maximum Gasteiger partial charge on any atom is 0.256 e. The molecule has 2 rings (SSSR count). The van der Waals surface area contributed by atoms with E-state index in [0.29, 0.717) is 17.7 Å². The normalized spacial score (nSPS) is 16.6. The van der Waals surface area contributed by atoms with Crippen molar-refractivity contribution in [3.05, 3.63) is 34.1 Å². The van der Waals surface area contributed by atoms with Crippen LogP contribution in [-0.2, 0) is 4.74 Å². The zero-order valence-corrected chi connectivity index (χ0v) is 11.7. The fourth-order valence-electron chi connectivity index (χ4n) is 2.10. The molecule has 5 heteroatoms. The van der Waals surface area contributed by atoms with E-state index in [4.69, 9.17) is 4.74 Å². The van der Waals surface area contributed by atoms with Crippen LogP contribution < -0.4 is 0 Å². The fourth-order valence-corrected chi connectivity index (χ4v) is 2.46. The van der Waals surface area contributed by atoms with Crippen LogP contribution in [0.5, 0.6) is 0 Å². The number of amides is 1. The monoisotopic (exact) mass is 315 g/mol. The van der Waals surface area contributed by atoms with Crippen LogP contribution >= 0.6 is 15.9 Å². The van der Waals surface area contributed by atoms with Crippen LogP contribution in [0.15, 0.2) is 22.7 Å². The van der Waals surface area contributed by atoms with Crippen molar-refractivity contribution in [1.82, 2.24) is 4.90 Å². The average molecular weight is 316 g/mol. The Morgan fingerprint density at radius 2 is 2.11 bits per heavy atom. The molecule has 0 radical (unpaired) electrons. The minimum atomic E-state index is -0.499. The molecule has 0 atom stereocenters. The Kier molecular flexibility index (Phi) is 4.35. The van der Waals surface area contributed by atoms with E-state index in [9.17, 15) is 9.18 Å². The highest BCUT2D eigenvalue weighted by Gasteiger charge is 2.25. The molecule has 0 saturated carbocycles. The minimum absolute atomic E-state index is 0.110. The van der Waals surface area contributed by atoms with Gasteiger partial charge in [-0.05, 0) is 40.9 Å². The molecule has 0 aromatic heterocycles. The lowest BCUT2D eigenvalue weighted by molar-refractivity contribution is 0.0359. The van der Waals surface area contributed by atoms with Gasteiger partial charge in [-0.3, -0.25) is 4.79 Å². The van der Waals surface area contributed by atoms with Gasteiger partial charge in [0, 0.05) is 26.3 Å². The highest BCUT2D eigenvalue weighted by atomic mass is 79.9. The van der Waals surface area contributed by atoms with Crippen molar-refractivity contribution < 1.29 is 13.9 Å². The van der Waals surface area contributed by atoms with E-state index in [1.54, 1.807) is 24.1 Å². The molecule has 0 N–H and O–H groups in total. The van der Waals surface area contributed by atoms with Crippen LogP contribution in [0.25, 0.3) is 0 Å². The van der Waals surface area contributed by atoms with Crippen molar-refractivity contribution in [2.24, 2.45) is 0 Å². The molecule has 1 heterocycles. The molecule has 1 fully saturated rings. The lowest BCUT2D eigenvalue weighted by Crippen LogP contribution is -2.40. The highest BCUT2D eigenvalue weighted by Crippen LogP contribution is 2.22. The number of ether oxygens (including phenoxy) is 1. The molecule has 1 saturated heterocycles. The number of carbonyl (C=O) groups is 1. The van der Waals surface area contributed by atoms with E-state index in [2.05, 4.69) is 15.9 Å². The first kappa shape index (κ1) is 13.5. The van der Waals surface area contributed by atoms with Gasteiger partial charge in [-0.1, -0.05) is 6.07 Å². The zero-order valence-electron chi connectivity index (χ0n) is 10.2. The molecule has 1 amide bonds. The number of carbonyl (C=O) groups excluding carboxylic acids is 1. The zero-order chi connectivity index (χ0) is 13.1. The highest BCUT2D eigenvalue weighted by molar-refractivity contribution is 9.10. The van der Waals surface area contributed by atoms with Crippen molar-refractivity contribution >= 4 is 21.8 Å². The molecule has 18 heavy (non-hydrogen) atoms. The van der Waals surface area contributed by atoms with E-state index in [-0.39, 0.29) is 17.5 Å². The van der Waals surface area contributed by atoms with E-state index >= 15 is 0 Å². The lowest BCUT2D eigenvalue weighted by atomic mass is 10.1. The first-order valence-electron chi connectivity index (χ1n) is 5.90. The quantitative estimate of drug-likeness (QED) is 0.840. The molecule has 1 aliphatic heterocycles. The van der Waals surface area contributed by atoms with Crippen molar-refractivity contribution in [2.45, 2.75) is 18.9 Å². The number of hydrogen-bond donors (Lipinski definition) is 0. The van der Waals surface area contributed by atoms with Crippen molar-refractivity contribution in [3.8, 4) is 0 Å². The van der Waals surface area contributed by atoms with Gasteiger partial charge in [0.1, 0.15) is 5.82 Å². The summed E-state index contributed by atoms with van der Waals surface area (Å²) >= 11 is 3.09. The third-order valence-electron chi connectivity index (χ3n) is 3.24. The van der Waals surface area contributed by atoms with Crippen molar-refractivity contribution in [2.75, 3.05) is 20.3 Å². The maximum atomic E-state index is 13.9. The average Bonchev–Trinajstić information content (AvgIpc) is 2.41. The Hall–Kier alpha value is -0.940. The summed E-state index contributed by atoms with van der Waals surface area (Å²) in [4.78, 5) is 13.9. The second kappa shape index (κ2) is 5.80. The minimum Gasteiger partial charge on any atom is -0.381 e. The molecule has 1 aromatic carbocycles. The summed E-state index contributed by atoms with van der Waals surface area (Å²) in [6.07, 6.45) is 1.61. The number of rotatable bonds is 2. The number of halogens is 2. The molecule has 0 spiro atoms. The Labute approximate surface area is 114 Å². The molecule has 98 valence electrons. The third-order valence-corrected chi connectivity index (χ3v) is 3.85. The Morgan fingerprint density at radius 1 is 1.44 bits per heavy atom. The number of hydrogen-bond acceptors (Lipinski definition) is 2. The molecular weight excluding hydrogens is 301 g/mol. The fraction of sp³-hybridized carbons (Fsp3) is 0.462. The smallest absolute Gasteiger partial charge is 0.256 e. The Balaban J connectivity index is 2.17. The largest absolute Gasteiger partial charge is 0.381 e. The molecule has 1 aliphatic rings. The topological polar surface area (TPSA) is 29.5 Å². The summed E-state index contributed by atoms with van der Waals surface area (Å²) in [5.74, 6) is -0.776. The number of nitrogens with zero attached hydrogens (tertiary/aromatic N) is 1. The predicted octanol–water partition coefficient (Wildman–Crippen LogP) is 2.84. The van der Waals surface area contributed by atoms with Crippen LogP contribution in [0.1, 0.15) is 23.2 Å². The summed E-state index contributed by atoms with van der Waals surface area (Å²) in [5, 5.41) is 0. The summed E-state index contributed by atoms with van der Waals surface area (Å²) < 4.78 is 19.4. The molecular formula is C13H15BrFNO2. The molecule has 1 aromatic rings. The van der Waals surface area contributed by atoms with E-state index in [1.807, 2.05) is 0 Å². The van der Waals surface area contributed by atoms with Gasteiger partial charge in [0.15, 0.2) is 0 Å². The van der Waals surface area contributed by atoms with E-state index in [0.717, 1.165) is 12.8 Å². The van der Waals surface area contributed by atoms with Gasteiger partial charge in [0.2, 0.25) is 0 Å². The summed E-state index contributed by atoms with van der Waals surface area (Å²) in [7, 11) is 1.72. The SMILES string of the molecule is CN(C(=O)c1cccc(Br)c1F)C1CCOCC1. The van der Waals surface area contributed by atoms with Crippen LogP contribution in [0.3, 0.4) is 0 Å².